The van der Waals surface area contributed by atoms with Gasteiger partial charge in [-0.2, -0.15) is 0 Å². The lowest BCUT2D eigenvalue weighted by Gasteiger charge is -2.30. The van der Waals surface area contributed by atoms with Crippen molar-refractivity contribution in [3.63, 3.8) is 0 Å². The fourth-order valence-corrected chi connectivity index (χ4v) is 3.84. The quantitative estimate of drug-likeness (QED) is 0.799. The van der Waals surface area contributed by atoms with Crippen molar-refractivity contribution < 1.29 is 22.0 Å². The summed E-state index contributed by atoms with van der Waals surface area (Å²) >= 11 is 5.69. The number of anilines is 2. The zero-order valence-corrected chi connectivity index (χ0v) is 15.6. The zero-order valence-electron chi connectivity index (χ0n) is 14.0. The molecule has 0 aliphatic rings. The van der Waals surface area contributed by atoms with Crippen LogP contribution in [0.3, 0.4) is 0 Å². The Kier molecular flexibility index (Phi) is 6.20. The van der Waals surface area contributed by atoms with Crippen LogP contribution in [-0.2, 0) is 14.8 Å². The molecule has 0 fully saturated rings. The molecule has 0 spiro atoms. The van der Waals surface area contributed by atoms with Crippen LogP contribution in [0.4, 0.5) is 20.2 Å². The summed E-state index contributed by atoms with van der Waals surface area (Å²) in [6, 6.07) is 7.32. The molecule has 0 saturated carbocycles. The molecule has 1 atom stereocenters. The van der Waals surface area contributed by atoms with Gasteiger partial charge in [0.1, 0.15) is 17.7 Å². The Bertz CT molecular complexity index is 905. The van der Waals surface area contributed by atoms with Crippen LogP contribution in [0, 0.1) is 11.6 Å². The van der Waals surface area contributed by atoms with Gasteiger partial charge in [0.05, 0.1) is 17.0 Å². The molecule has 0 bridgehead atoms. The molecule has 5 nitrogen and oxygen atoms in total. The second-order valence-electron chi connectivity index (χ2n) is 5.58. The molecule has 0 unspecified atom stereocenters. The number of sulfonamides is 1. The molecule has 2 aromatic carbocycles. The van der Waals surface area contributed by atoms with E-state index in [1.54, 1.807) is 6.92 Å². The summed E-state index contributed by atoms with van der Waals surface area (Å²) in [6.07, 6.45) is 1.12. The number of nitrogens with one attached hydrogen (secondary N) is 1. The summed E-state index contributed by atoms with van der Waals surface area (Å²) in [6.45, 7) is 1.64. The van der Waals surface area contributed by atoms with Gasteiger partial charge in [0, 0.05) is 5.69 Å². The Hall–Kier alpha value is -2.19. The van der Waals surface area contributed by atoms with Crippen molar-refractivity contribution in [2.75, 3.05) is 15.9 Å². The fraction of sp³-hybridized carbons (Fsp3) is 0.235. The van der Waals surface area contributed by atoms with E-state index in [9.17, 15) is 22.0 Å². The van der Waals surface area contributed by atoms with Gasteiger partial charge in [-0.3, -0.25) is 9.10 Å². The second-order valence-corrected chi connectivity index (χ2v) is 7.84. The van der Waals surface area contributed by atoms with E-state index in [4.69, 9.17) is 11.6 Å². The van der Waals surface area contributed by atoms with Crippen molar-refractivity contribution in [2.45, 2.75) is 19.4 Å². The molecule has 0 heterocycles. The van der Waals surface area contributed by atoms with Crippen molar-refractivity contribution in [1.29, 1.82) is 0 Å². The van der Waals surface area contributed by atoms with Gasteiger partial charge in [-0.05, 0) is 48.9 Å². The van der Waals surface area contributed by atoms with Gasteiger partial charge in [0.25, 0.3) is 0 Å². The molecule has 0 aliphatic heterocycles. The molecule has 1 amide bonds. The summed E-state index contributed by atoms with van der Waals surface area (Å²) in [4.78, 5) is 12.6. The maximum Gasteiger partial charge on any atom is 0.248 e. The van der Waals surface area contributed by atoms with E-state index >= 15 is 0 Å². The second kappa shape index (κ2) is 8.01. The number of carbonyl (C=O) groups is 1. The van der Waals surface area contributed by atoms with Crippen molar-refractivity contribution in [3.8, 4) is 0 Å². The Morgan fingerprint density at radius 3 is 2.31 bits per heavy atom. The molecule has 1 N–H and O–H groups in total. The van der Waals surface area contributed by atoms with Crippen LogP contribution in [0.1, 0.15) is 13.3 Å². The van der Waals surface area contributed by atoms with E-state index in [2.05, 4.69) is 5.32 Å². The minimum Gasteiger partial charge on any atom is -0.324 e. The third kappa shape index (κ3) is 4.70. The molecular formula is C17H17ClF2N2O3S. The highest BCUT2D eigenvalue weighted by molar-refractivity contribution is 7.92. The Morgan fingerprint density at radius 2 is 1.81 bits per heavy atom. The van der Waals surface area contributed by atoms with Crippen molar-refractivity contribution in [1.82, 2.24) is 0 Å². The molecule has 2 aromatic rings. The molecule has 0 radical (unpaired) electrons. The average molecular weight is 403 g/mol. The third-order valence-electron chi connectivity index (χ3n) is 3.60. The van der Waals surface area contributed by atoms with E-state index in [0.29, 0.717) is 0 Å². The van der Waals surface area contributed by atoms with E-state index in [1.165, 1.54) is 24.3 Å². The van der Waals surface area contributed by atoms with Gasteiger partial charge in [0.2, 0.25) is 15.9 Å². The predicted octanol–water partition coefficient (Wildman–Crippen LogP) is 3.80. The summed E-state index contributed by atoms with van der Waals surface area (Å²) in [5, 5.41) is 2.35. The van der Waals surface area contributed by atoms with Gasteiger partial charge in [-0.15, -0.1) is 0 Å². The number of hydrogen-bond acceptors (Lipinski definition) is 3. The smallest absolute Gasteiger partial charge is 0.248 e. The molecule has 9 heteroatoms. The highest BCUT2D eigenvalue weighted by atomic mass is 35.5. The number of hydrogen-bond donors (Lipinski definition) is 1. The Morgan fingerprint density at radius 1 is 1.19 bits per heavy atom. The number of halogens is 3. The molecular weight excluding hydrogens is 386 g/mol. The van der Waals surface area contributed by atoms with Crippen LogP contribution in [0.2, 0.25) is 5.02 Å². The first kappa shape index (κ1) is 20.1. The van der Waals surface area contributed by atoms with E-state index in [-0.39, 0.29) is 22.8 Å². The van der Waals surface area contributed by atoms with Gasteiger partial charge in [0.15, 0.2) is 0 Å². The van der Waals surface area contributed by atoms with Crippen LogP contribution >= 0.6 is 11.6 Å². The number of benzene rings is 2. The minimum atomic E-state index is -3.83. The summed E-state index contributed by atoms with van der Waals surface area (Å²) in [7, 11) is -3.83. The standard InChI is InChI=1S/C17H17ClF2N2O3S/c1-3-16(17(23)21-12-6-9-15(20)14(18)10-12)22(26(2,24)25)13-7-4-11(19)5-8-13/h4-10,16H,3H2,1-2H3,(H,21,23)/t16-/m1/s1. The molecule has 0 saturated heterocycles. The van der Waals surface area contributed by atoms with Gasteiger partial charge in [-0.1, -0.05) is 18.5 Å². The highest BCUT2D eigenvalue weighted by Crippen LogP contribution is 2.24. The monoisotopic (exact) mass is 402 g/mol. The Balaban J connectivity index is 2.36. The molecule has 140 valence electrons. The van der Waals surface area contributed by atoms with E-state index < -0.39 is 33.6 Å². The van der Waals surface area contributed by atoms with Gasteiger partial charge in [-0.25, -0.2) is 17.2 Å². The van der Waals surface area contributed by atoms with E-state index in [1.807, 2.05) is 0 Å². The normalized spacial score (nSPS) is 12.5. The third-order valence-corrected chi connectivity index (χ3v) is 5.07. The van der Waals surface area contributed by atoms with Gasteiger partial charge < -0.3 is 5.32 Å². The average Bonchev–Trinajstić information content (AvgIpc) is 2.56. The number of carbonyl (C=O) groups excluding carboxylic acids is 1. The van der Waals surface area contributed by atoms with Crippen molar-refractivity contribution >= 4 is 38.9 Å². The predicted molar refractivity (Wildman–Crippen MR) is 97.8 cm³/mol. The van der Waals surface area contributed by atoms with Crippen LogP contribution in [0.15, 0.2) is 42.5 Å². The molecule has 0 aliphatic carbocycles. The maximum absolute atomic E-state index is 13.2. The largest absolute Gasteiger partial charge is 0.324 e. The maximum atomic E-state index is 13.2. The molecule has 26 heavy (non-hydrogen) atoms. The lowest BCUT2D eigenvalue weighted by Crippen LogP contribution is -2.47. The lowest BCUT2D eigenvalue weighted by molar-refractivity contribution is -0.117. The first-order chi connectivity index (χ1) is 12.1. The summed E-state index contributed by atoms with van der Waals surface area (Å²) in [5.74, 6) is -1.79. The number of rotatable bonds is 6. The number of nitrogens with zero attached hydrogens (tertiary/aromatic N) is 1. The van der Waals surface area contributed by atoms with Crippen molar-refractivity contribution in [3.05, 3.63) is 59.1 Å². The Labute approximate surface area is 155 Å². The summed E-state index contributed by atoms with van der Waals surface area (Å²) in [5.41, 5.74) is 0.389. The van der Waals surface area contributed by atoms with Crippen LogP contribution < -0.4 is 9.62 Å². The number of amides is 1. The molecule has 2 rings (SSSR count). The van der Waals surface area contributed by atoms with Crippen molar-refractivity contribution in [2.24, 2.45) is 0 Å². The highest BCUT2D eigenvalue weighted by Gasteiger charge is 2.31. The lowest BCUT2D eigenvalue weighted by atomic mass is 10.1. The van der Waals surface area contributed by atoms with Crippen LogP contribution in [0.25, 0.3) is 0 Å². The SMILES string of the molecule is CC[C@H](C(=O)Nc1ccc(F)c(Cl)c1)N(c1ccc(F)cc1)S(C)(=O)=O. The summed E-state index contributed by atoms with van der Waals surface area (Å²) < 4.78 is 51.8. The van der Waals surface area contributed by atoms with E-state index in [0.717, 1.165) is 28.8 Å². The molecule has 0 aromatic heterocycles. The minimum absolute atomic E-state index is 0.158. The zero-order chi connectivity index (χ0) is 19.5. The fourth-order valence-electron chi connectivity index (χ4n) is 2.45. The topological polar surface area (TPSA) is 66.5 Å². The first-order valence-corrected chi connectivity index (χ1v) is 9.87. The van der Waals surface area contributed by atoms with Crippen LogP contribution in [-0.4, -0.2) is 26.6 Å². The first-order valence-electron chi connectivity index (χ1n) is 7.64. The van der Waals surface area contributed by atoms with Gasteiger partial charge >= 0.3 is 0 Å². The van der Waals surface area contributed by atoms with Crippen LogP contribution in [0.5, 0.6) is 0 Å².